The van der Waals surface area contributed by atoms with Crippen molar-refractivity contribution in [3.8, 4) is 0 Å². The largest absolute Gasteiger partial charge is 0.455 e. The van der Waals surface area contributed by atoms with E-state index in [0.29, 0.717) is 25.9 Å². The third-order valence-corrected chi connectivity index (χ3v) is 6.02. The van der Waals surface area contributed by atoms with Gasteiger partial charge in [-0.1, -0.05) is 65.1 Å². The number of hydrogen-bond donors (Lipinski definition) is 1. The Morgan fingerprint density at radius 3 is 2.34 bits per heavy atom. The zero-order chi connectivity index (χ0) is 23.1. The second kappa shape index (κ2) is 11.4. The van der Waals surface area contributed by atoms with Crippen molar-refractivity contribution < 1.29 is 19.1 Å². The third-order valence-electron chi connectivity index (χ3n) is 4.99. The van der Waals surface area contributed by atoms with Crippen molar-refractivity contribution in [2.24, 2.45) is 5.92 Å². The minimum atomic E-state index is -0.544. The SMILES string of the molecule is O=C(COC(=O)C1CCN(C(=O)/C=C/c2ccccc2)CC1)Nc1cc(Cl)c(Cl)cc1Cl. The number of halogens is 3. The van der Waals surface area contributed by atoms with Crippen LogP contribution in [0.25, 0.3) is 6.08 Å². The van der Waals surface area contributed by atoms with Crippen LogP contribution >= 0.6 is 34.8 Å². The van der Waals surface area contributed by atoms with Gasteiger partial charge in [-0.05, 0) is 36.6 Å². The van der Waals surface area contributed by atoms with Crippen LogP contribution in [0.15, 0.2) is 48.5 Å². The maximum absolute atomic E-state index is 12.4. The van der Waals surface area contributed by atoms with Gasteiger partial charge in [0.05, 0.1) is 26.7 Å². The molecule has 1 fully saturated rings. The molecule has 6 nitrogen and oxygen atoms in total. The molecule has 32 heavy (non-hydrogen) atoms. The summed E-state index contributed by atoms with van der Waals surface area (Å²) in [4.78, 5) is 38.5. The van der Waals surface area contributed by atoms with Crippen LogP contribution in [0.4, 0.5) is 5.69 Å². The molecule has 1 aliphatic rings. The monoisotopic (exact) mass is 494 g/mol. The van der Waals surface area contributed by atoms with Crippen LogP contribution in [0, 0.1) is 5.92 Å². The fourth-order valence-electron chi connectivity index (χ4n) is 3.23. The van der Waals surface area contributed by atoms with Crippen molar-refractivity contribution in [1.82, 2.24) is 4.90 Å². The van der Waals surface area contributed by atoms with Gasteiger partial charge < -0.3 is 15.0 Å². The van der Waals surface area contributed by atoms with E-state index in [9.17, 15) is 14.4 Å². The number of likely N-dealkylation sites (tertiary alicyclic amines) is 1. The van der Waals surface area contributed by atoms with Gasteiger partial charge in [0, 0.05) is 19.2 Å². The number of ether oxygens (including phenoxy) is 1. The van der Waals surface area contributed by atoms with Crippen molar-refractivity contribution in [3.63, 3.8) is 0 Å². The predicted molar refractivity (Wildman–Crippen MR) is 126 cm³/mol. The molecule has 0 aromatic heterocycles. The van der Waals surface area contributed by atoms with E-state index in [0.717, 1.165) is 5.56 Å². The Hall–Kier alpha value is -2.54. The summed E-state index contributed by atoms with van der Waals surface area (Å²) in [5, 5.41) is 3.26. The van der Waals surface area contributed by atoms with E-state index in [4.69, 9.17) is 39.5 Å². The Bertz CT molecular complexity index is 1020. The van der Waals surface area contributed by atoms with E-state index in [1.54, 1.807) is 11.0 Å². The van der Waals surface area contributed by atoms with Gasteiger partial charge in [0.2, 0.25) is 5.91 Å². The van der Waals surface area contributed by atoms with Crippen LogP contribution in [0.1, 0.15) is 18.4 Å². The first kappa shape index (κ1) is 24.1. The minimum Gasteiger partial charge on any atom is -0.455 e. The molecule has 2 aromatic rings. The number of carbonyl (C=O) groups excluding carboxylic acids is 3. The molecule has 1 aliphatic heterocycles. The molecule has 9 heteroatoms. The average molecular weight is 496 g/mol. The quantitative estimate of drug-likeness (QED) is 0.344. The second-order valence-corrected chi connectivity index (χ2v) is 8.47. The topological polar surface area (TPSA) is 75.7 Å². The van der Waals surface area contributed by atoms with Gasteiger partial charge in [0.25, 0.3) is 5.91 Å². The van der Waals surface area contributed by atoms with E-state index in [-0.39, 0.29) is 32.6 Å². The average Bonchev–Trinajstić information content (AvgIpc) is 2.80. The summed E-state index contributed by atoms with van der Waals surface area (Å²) >= 11 is 17.8. The number of esters is 1. The van der Waals surface area contributed by atoms with Crippen molar-refractivity contribution in [2.45, 2.75) is 12.8 Å². The van der Waals surface area contributed by atoms with E-state index < -0.39 is 18.5 Å². The zero-order valence-corrected chi connectivity index (χ0v) is 19.3. The van der Waals surface area contributed by atoms with Crippen LogP contribution in [0.3, 0.4) is 0 Å². The van der Waals surface area contributed by atoms with Crippen molar-refractivity contribution in [1.29, 1.82) is 0 Å². The molecular formula is C23H21Cl3N2O4. The molecule has 0 bridgehead atoms. The van der Waals surface area contributed by atoms with E-state index in [1.165, 1.54) is 18.2 Å². The number of nitrogens with one attached hydrogen (secondary N) is 1. The maximum Gasteiger partial charge on any atom is 0.309 e. The summed E-state index contributed by atoms with van der Waals surface area (Å²) in [6.45, 7) is 0.444. The first-order valence-electron chi connectivity index (χ1n) is 9.96. The number of hydrogen-bond acceptors (Lipinski definition) is 4. The summed E-state index contributed by atoms with van der Waals surface area (Å²) in [5.41, 5.74) is 1.22. The van der Waals surface area contributed by atoms with Crippen LogP contribution < -0.4 is 5.32 Å². The molecule has 1 N–H and O–H groups in total. The number of piperidine rings is 1. The molecule has 1 heterocycles. The zero-order valence-electron chi connectivity index (χ0n) is 17.0. The molecule has 0 atom stereocenters. The van der Waals surface area contributed by atoms with Crippen LogP contribution in [-0.4, -0.2) is 42.4 Å². The Morgan fingerprint density at radius 1 is 1.00 bits per heavy atom. The number of anilines is 1. The summed E-state index contributed by atoms with van der Waals surface area (Å²) in [6.07, 6.45) is 4.25. The molecule has 0 unspecified atom stereocenters. The van der Waals surface area contributed by atoms with Crippen LogP contribution in [0.2, 0.25) is 15.1 Å². The van der Waals surface area contributed by atoms with Crippen LogP contribution in [0.5, 0.6) is 0 Å². The van der Waals surface area contributed by atoms with E-state index >= 15 is 0 Å². The third kappa shape index (κ3) is 6.73. The predicted octanol–water partition coefficient (Wildman–Crippen LogP) is 5.08. The molecule has 3 rings (SSSR count). The maximum atomic E-state index is 12.4. The minimum absolute atomic E-state index is 0.0986. The smallest absolute Gasteiger partial charge is 0.309 e. The molecule has 2 amide bonds. The highest BCUT2D eigenvalue weighted by Crippen LogP contribution is 2.32. The Morgan fingerprint density at radius 2 is 1.66 bits per heavy atom. The van der Waals surface area contributed by atoms with Gasteiger partial charge in [-0.15, -0.1) is 0 Å². The van der Waals surface area contributed by atoms with E-state index in [2.05, 4.69) is 5.32 Å². The first-order chi connectivity index (χ1) is 15.3. The molecular weight excluding hydrogens is 475 g/mol. The lowest BCUT2D eigenvalue weighted by atomic mass is 9.97. The molecule has 1 saturated heterocycles. The fourth-order valence-corrected chi connectivity index (χ4v) is 3.83. The highest BCUT2D eigenvalue weighted by molar-refractivity contribution is 6.44. The Kier molecular flexibility index (Phi) is 8.56. The normalized spacial score (nSPS) is 14.4. The van der Waals surface area contributed by atoms with Gasteiger partial charge in [0.15, 0.2) is 6.61 Å². The van der Waals surface area contributed by atoms with Gasteiger partial charge in [0.1, 0.15) is 0 Å². The summed E-state index contributed by atoms with van der Waals surface area (Å²) < 4.78 is 5.14. The Balaban J connectivity index is 1.42. The number of rotatable bonds is 6. The van der Waals surface area contributed by atoms with Crippen molar-refractivity contribution in [3.05, 3.63) is 69.2 Å². The fraction of sp³-hybridized carbons (Fsp3) is 0.261. The van der Waals surface area contributed by atoms with Crippen LogP contribution in [-0.2, 0) is 19.1 Å². The van der Waals surface area contributed by atoms with Gasteiger partial charge >= 0.3 is 5.97 Å². The first-order valence-corrected chi connectivity index (χ1v) is 11.1. The number of amides is 2. The lowest BCUT2D eigenvalue weighted by Gasteiger charge is -2.30. The number of nitrogens with zero attached hydrogens (tertiary/aromatic N) is 1. The summed E-state index contributed by atoms with van der Waals surface area (Å²) in [6, 6.07) is 12.4. The Labute approximate surface area is 201 Å². The molecule has 0 spiro atoms. The molecule has 0 radical (unpaired) electrons. The standard InChI is InChI=1S/C23H21Cl3N2O4/c24-17-12-19(26)20(13-18(17)25)27-21(29)14-32-23(31)16-8-10-28(11-9-16)22(30)7-6-15-4-2-1-3-5-15/h1-7,12-13,16H,8-11,14H2,(H,27,29)/b7-6+. The number of carbonyl (C=O) groups is 3. The lowest BCUT2D eigenvalue weighted by Crippen LogP contribution is -2.40. The van der Waals surface area contributed by atoms with Gasteiger partial charge in [-0.2, -0.15) is 0 Å². The lowest BCUT2D eigenvalue weighted by molar-refractivity contribution is -0.153. The van der Waals surface area contributed by atoms with Crippen molar-refractivity contribution in [2.75, 3.05) is 25.0 Å². The molecule has 2 aromatic carbocycles. The highest BCUT2D eigenvalue weighted by Gasteiger charge is 2.28. The number of benzene rings is 2. The molecule has 0 aliphatic carbocycles. The van der Waals surface area contributed by atoms with E-state index in [1.807, 2.05) is 30.3 Å². The van der Waals surface area contributed by atoms with Crippen molar-refractivity contribution >= 4 is 64.3 Å². The second-order valence-electron chi connectivity index (χ2n) is 7.25. The summed E-state index contributed by atoms with van der Waals surface area (Å²) in [5.74, 6) is -1.47. The van der Waals surface area contributed by atoms with Gasteiger partial charge in [-0.3, -0.25) is 14.4 Å². The molecule has 0 saturated carbocycles. The van der Waals surface area contributed by atoms with Gasteiger partial charge in [-0.25, -0.2) is 0 Å². The summed E-state index contributed by atoms with van der Waals surface area (Å²) in [7, 11) is 0. The highest BCUT2D eigenvalue weighted by atomic mass is 35.5. The molecule has 168 valence electrons.